The zero-order valence-corrected chi connectivity index (χ0v) is 21.3. The van der Waals surface area contributed by atoms with Crippen molar-refractivity contribution in [3.8, 4) is 11.4 Å². The largest absolute Gasteiger partial charge is 0.486 e. The fraction of sp³-hybridized carbons (Fsp3) is 0.643. The highest BCUT2D eigenvalue weighted by atomic mass is 16.5. The van der Waals surface area contributed by atoms with Gasteiger partial charge in [-0.1, -0.05) is 71.1 Å². The number of hydrogen-bond donors (Lipinski definition) is 0. The molecule has 1 aliphatic heterocycles. The molecule has 1 saturated heterocycles. The summed E-state index contributed by atoms with van der Waals surface area (Å²) >= 11 is 0. The summed E-state index contributed by atoms with van der Waals surface area (Å²) in [5, 5.41) is 4.54. The molecule has 0 N–H and O–H groups in total. The predicted molar refractivity (Wildman–Crippen MR) is 139 cm³/mol. The van der Waals surface area contributed by atoms with E-state index in [1.54, 1.807) is 0 Å². The molecule has 1 aliphatic carbocycles. The number of ether oxygens (including phenoxy) is 1. The molecule has 2 aliphatic rings. The SMILES string of the molecule is CC(C)(C)CCN1CCN(c2cnn(-c3ccccc3)c(=O)c2OCCC2CCCCC2)CC1. The molecular weight excluding hydrogens is 424 g/mol. The Morgan fingerprint density at radius 2 is 1.71 bits per heavy atom. The second-order valence-electron chi connectivity index (χ2n) is 11.2. The van der Waals surface area contributed by atoms with Crippen molar-refractivity contribution in [3.63, 3.8) is 0 Å². The third-order valence-corrected chi connectivity index (χ3v) is 7.30. The average Bonchev–Trinajstić information content (AvgIpc) is 2.85. The van der Waals surface area contributed by atoms with E-state index < -0.39 is 0 Å². The van der Waals surface area contributed by atoms with Crippen LogP contribution in [0.5, 0.6) is 5.75 Å². The van der Waals surface area contributed by atoms with Gasteiger partial charge in [-0.05, 0) is 42.9 Å². The molecule has 0 atom stereocenters. The predicted octanol–water partition coefficient (Wildman–Crippen LogP) is 5.14. The lowest BCUT2D eigenvalue weighted by atomic mass is 9.87. The summed E-state index contributed by atoms with van der Waals surface area (Å²) in [6, 6.07) is 9.63. The Morgan fingerprint density at radius 3 is 2.38 bits per heavy atom. The first kappa shape index (κ1) is 24.8. The molecule has 2 fully saturated rings. The van der Waals surface area contributed by atoms with E-state index in [2.05, 4.69) is 35.7 Å². The van der Waals surface area contributed by atoms with Crippen LogP contribution in [0.3, 0.4) is 0 Å². The molecule has 186 valence electrons. The van der Waals surface area contributed by atoms with E-state index in [0.717, 1.165) is 56.4 Å². The number of rotatable bonds is 8. The maximum atomic E-state index is 13.5. The van der Waals surface area contributed by atoms with E-state index in [0.29, 0.717) is 17.8 Å². The summed E-state index contributed by atoms with van der Waals surface area (Å²) in [5.41, 5.74) is 1.80. The first-order chi connectivity index (χ1) is 16.4. The molecule has 0 radical (unpaired) electrons. The van der Waals surface area contributed by atoms with Gasteiger partial charge in [0.05, 0.1) is 18.5 Å². The maximum absolute atomic E-state index is 13.5. The van der Waals surface area contributed by atoms with Crippen LogP contribution in [0.1, 0.15) is 65.7 Å². The van der Waals surface area contributed by atoms with E-state index >= 15 is 0 Å². The first-order valence-corrected chi connectivity index (χ1v) is 13.2. The minimum atomic E-state index is -0.164. The van der Waals surface area contributed by atoms with Gasteiger partial charge in [0.1, 0.15) is 5.69 Å². The second kappa shape index (κ2) is 11.4. The van der Waals surface area contributed by atoms with Crippen LogP contribution in [-0.2, 0) is 0 Å². The van der Waals surface area contributed by atoms with Gasteiger partial charge in [0.15, 0.2) is 0 Å². The summed E-state index contributed by atoms with van der Waals surface area (Å²) in [7, 11) is 0. The summed E-state index contributed by atoms with van der Waals surface area (Å²) in [5.74, 6) is 1.18. The minimum Gasteiger partial charge on any atom is -0.486 e. The van der Waals surface area contributed by atoms with Crippen molar-refractivity contribution < 1.29 is 4.74 Å². The van der Waals surface area contributed by atoms with E-state index in [1.807, 2.05) is 36.5 Å². The Labute approximate surface area is 204 Å². The number of aromatic nitrogens is 2. The molecular formula is C28H42N4O2. The number of para-hydroxylation sites is 1. The highest BCUT2D eigenvalue weighted by Crippen LogP contribution is 2.29. The molecule has 34 heavy (non-hydrogen) atoms. The fourth-order valence-electron chi connectivity index (χ4n) is 5.05. The van der Waals surface area contributed by atoms with E-state index in [-0.39, 0.29) is 5.56 Å². The van der Waals surface area contributed by atoms with Crippen LogP contribution < -0.4 is 15.2 Å². The molecule has 1 aromatic carbocycles. The van der Waals surface area contributed by atoms with Crippen molar-refractivity contribution in [1.29, 1.82) is 0 Å². The van der Waals surface area contributed by atoms with Crippen LogP contribution >= 0.6 is 0 Å². The third kappa shape index (κ3) is 6.62. The van der Waals surface area contributed by atoms with Gasteiger partial charge >= 0.3 is 5.56 Å². The average molecular weight is 467 g/mol. The molecule has 1 aromatic heterocycles. The topological polar surface area (TPSA) is 50.6 Å². The molecule has 1 saturated carbocycles. The lowest BCUT2D eigenvalue weighted by Gasteiger charge is -2.37. The minimum absolute atomic E-state index is 0.164. The van der Waals surface area contributed by atoms with Gasteiger partial charge in [-0.25, -0.2) is 0 Å². The Morgan fingerprint density at radius 1 is 1.00 bits per heavy atom. The van der Waals surface area contributed by atoms with Crippen LogP contribution in [0.25, 0.3) is 5.69 Å². The van der Waals surface area contributed by atoms with Crippen LogP contribution in [0.4, 0.5) is 5.69 Å². The number of hydrogen-bond acceptors (Lipinski definition) is 5. The van der Waals surface area contributed by atoms with Gasteiger partial charge in [0.25, 0.3) is 0 Å². The Balaban J connectivity index is 1.49. The molecule has 6 nitrogen and oxygen atoms in total. The summed E-state index contributed by atoms with van der Waals surface area (Å²) in [4.78, 5) is 18.3. The van der Waals surface area contributed by atoms with Crippen LogP contribution in [-0.4, -0.2) is 54.0 Å². The lowest BCUT2D eigenvalue weighted by molar-refractivity contribution is 0.215. The van der Waals surface area contributed by atoms with Gasteiger partial charge in [-0.15, -0.1) is 0 Å². The molecule has 2 aromatic rings. The smallest absolute Gasteiger partial charge is 0.316 e. The Bertz CT molecular complexity index is 953. The molecule has 0 amide bonds. The van der Waals surface area contributed by atoms with Crippen LogP contribution in [0.2, 0.25) is 0 Å². The Kier molecular flexibility index (Phi) is 8.30. The highest BCUT2D eigenvalue weighted by Gasteiger charge is 2.24. The van der Waals surface area contributed by atoms with Crippen molar-refractivity contribution in [2.24, 2.45) is 11.3 Å². The number of piperazine rings is 1. The van der Waals surface area contributed by atoms with E-state index in [4.69, 9.17) is 4.74 Å². The van der Waals surface area contributed by atoms with Crippen molar-refractivity contribution >= 4 is 5.69 Å². The van der Waals surface area contributed by atoms with Gasteiger partial charge < -0.3 is 9.64 Å². The molecule has 6 heteroatoms. The van der Waals surface area contributed by atoms with E-state index in [1.165, 1.54) is 43.2 Å². The molecule has 0 spiro atoms. The lowest BCUT2D eigenvalue weighted by Crippen LogP contribution is -2.47. The van der Waals surface area contributed by atoms with Crippen LogP contribution in [0, 0.1) is 11.3 Å². The number of anilines is 1. The molecule has 0 unspecified atom stereocenters. The van der Waals surface area contributed by atoms with Crippen molar-refractivity contribution in [1.82, 2.24) is 14.7 Å². The third-order valence-electron chi connectivity index (χ3n) is 7.30. The van der Waals surface area contributed by atoms with Gasteiger partial charge in [0, 0.05) is 26.2 Å². The van der Waals surface area contributed by atoms with Gasteiger partial charge in [-0.3, -0.25) is 9.69 Å². The van der Waals surface area contributed by atoms with Crippen molar-refractivity contribution in [2.75, 3.05) is 44.2 Å². The zero-order chi connectivity index (χ0) is 24.0. The van der Waals surface area contributed by atoms with Crippen LogP contribution in [0.15, 0.2) is 41.3 Å². The first-order valence-electron chi connectivity index (χ1n) is 13.2. The summed E-state index contributed by atoms with van der Waals surface area (Å²) in [6.45, 7) is 12.4. The second-order valence-corrected chi connectivity index (χ2v) is 11.2. The van der Waals surface area contributed by atoms with Crippen molar-refractivity contribution in [3.05, 3.63) is 46.9 Å². The highest BCUT2D eigenvalue weighted by molar-refractivity contribution is 5.57. The molecule has 0 bridgehead atoms. The maximum Gasteiger partial charge on any atom is 0.316 e. The zero-order valence-electron chi connectivity index (χ0n) is 21.3. The Hall–Kier alpha value is -2.34. The normalized spacial score (nSPS) is 18.3. The molecule has 2 heterocycles. The summed E-state index contributed by atoms with van der Waals surface area (Å²) in [6.07, 6.45) is 10.6. The quantitative estimate of drug-likeness (QED) is 0.539. The summed E-state index contributed by atoms with van der Waals surface area (Å²) < 4.78 is 7.75. The fourth-order valence-corrected chi connectivity index (χ4v) is 5.05. The monoisotopic (exact) mass is 466 g/mol. The van der Waals surface area contributed by atoms with Crippen molar-refractivity contribution in [2.45, 2.75) is 65.7 Å². The number of benzene rings is 1. The number of nitrogens with zero attached hydrogens (tertiary/aromatic N) is 4. The van der Waals surface area contributed by atoms with E-state index in [9.17, 15) is 4.79 Å². The molecule has 4 rings (SSSR count). The van der Waals surface area contributed by atoms with Gasteiger partial charge in [0.2, 0.25) is 5.75 Å². The van der Waals surface area contributed by atoms with Gasteiger partial charge in [-0.2, -0.15) is 9.78 Å². The standard InChI is InChI=1S/C28H42N4O2/c1-28(2,3)15-16-30-17-19-31(20-18-30)25-22-29-32(24-12-8-5-9-13-24)27(33)26(25)34-21-14-23-10-6-4-7-11-23/h5,8-9,12-13,22-23H,4,6-7,10-11,14-21H2,1-3H3.